The lowest BCUT2D eigenvalue weighted by Gasteiger charge is -2.11. The van der Waals surface area contributed by atoms with Gasteiger partial charge in [0.15, 0.2) is 0 Å². The topological polar surface area (TPSA) is 88.5 Å². The minimum atomic E-state index is -1.08. The second-order valence-corrected chi connectivity index (χ2v) is 4.61. The summed E-state index contributed by atoms with van der Waals surface area (Å²) in [5.41, 5.74) is 1.14. The van der Waals surface area contributed by atoms with Gasteiger partial charge in [-0.1, -0.05) is 18.2 Å². The van der Waals surface area contributed by atoms with Crippen molar-refractivity contribution in [2.24, 2.45) is 0 Å². The van der Waals surface area contributed by atoms with Gasteiger partial charge in [-0.15, -0.1) is 0 Å². The second-order valence-electron chi connectivity index (χ2n) is 4.61. The van der Waals surface area contributed by atoms with Gasteiger partial charge in [0.25, 0.3) is 5.91 Å². The van der Waals surface area contributed by atoms with Crippen molar-refractivity contribution >= 4 is 11.9 Å². The first-order valence-corrected chi connectivity index (χ1v) is 6.37. The molecule has 106 valence electrons. The Bertz CT molecular complexity index is 697. The minimum absolute atomic E-state index is 0.0427. The fourth-order valence-corrected chi connectivity index (χ4v) is 2.17. The van der Waals surface area contributed by atoms with E-state index >= 15 is 0 Å². The Morgan fingerprint density at radius 3 is 2.76 bits per heavy atom. The molecule has 6 nitrogen and oxygen atoms in total. The normalized spacial score (nSPS) is 15.9. The lowest BCUT2D eigenvalue weighted by molar-refractivity contribution is 0.0695. The quantitative estimate of drug-likeness (QED) is 0.894. The van der Waals surface area contributed by atoms with E-state index in [4.69, 9.17) is 9.84 Å². The highest BCUT2D eigenvalue weighted by Gasteiger charge is 2.25. The van der Waals surface area contributed by atoms with Crippen molar-refractivity contribution in [3.63, 3.8) is 0 Å². The minimum Gasteiger partial charge on any atom is -0.491 e. The van der Waals surface area contributed by atoms with E-state index in [0.717, 1.165) is 17.5 Å². The fourth-order valence-electron chi connectivity index (χ4n) is 2.17. The number of fused-ring (bicyclic) bond motifs is 1. The summed E-state index contributed by atoms with van der Waals surface area (Å²) in [6, 6.07) is 10.0. The predicted octanol–water partition coefficient (Wildman–Crippen LogP) is 1.64. The van der Waals surface area contributed by atoms with Crippen molar-refractivity contribution in [1.29, 1.82) is 0 Å². The number of para-hydroxylation sites is 1. The largest absolute Gasteiger partial charge is 0.491 e. The number of carbonyl (C=O) groups is 2. The molecule has 0 aliphatic carbocycles. The number of benzene rings is 1. The van der Waals surface area contributed by atoms with Crippen molar-refractivity contribution in [1.82, 2.24) is 10.3 Å². The van der Waals surface area contributed by atoms with Crippen molar-refractivity contribution in [2.75, 3.05) is 6.61 Å². The number of hydrogen-bond donors (Lipinski definition) is 2. The number of nitrogens with one attached hydrogen (secondary N) is 1. The van der Waals surface area contributed by atoms with Gasteiger partial charge in [-0.05, 0) is 18.2 Å². The summed E-state index contributed by atoms with van der Waals surface area (Å²) in [7, 11) is 0. The molecule has 1 atom stereocenters. The fraction of sp³-hybridized carbons (Fsp3) is 0.133. The summed E-state index contributed by atoms with van der Waals surface area (Å²) in [6.07, 6.45) is 1.16. The summed E-state index contributed by atoms with van der Waals surface area (Å²) in [5, 5.41) is 11.6. The molecule has 1 aliphatic heterocycles. The number of ether oxygens (including phenoxy) is 1. The summed E-state index contributed by atoms with van der Waals surface area (Å²) in [5.74, 6) is -0.679. The van der Waals surface area contributed by atoms with E-state index in [0.29, 0.717) is 6.61 Å². The van der Waals surface area contributed by atoms with Crippen LogP contribution in [0.25, 0.3) is 0 Å². The summed E-state index contributed by atoms with van der Waals surface area (Å²) in [6.45, 7) is 0.373. The average Bonchev–Trinajstić information content (AvgIpc) is 2.91. The number of hydrogen-bond acceptors (Lipinski definition) is 4. The number of rotatable bonds is 3. The first-order valence-electron chi connectivity index (χ1n) is 6.37. The SMILES string of the molecule is O=C(O)c1ccc(C(=O)NC2COc3ccccc32)nc1. The first kappa shape index (κ1) is 13.1. The summed E-state index contributed by atoms with van der Waals surface area (Å²) in [4.78, 5) is 26.7. The maximum Gasteiger partial charge on any atom is 0.337 e. The Labute approximate surface area is 120 Å². The molecule has 2 heterocycles. The summed E-state index contributed by atoms with van der Waals surface area (Å²) < 4.78 is 5.49. The number of aromatic carboxylic acids is 1. The zero-order valence-corrected chi connectivity index (χ0v) is 10.9. The van der Waals surface area contributed by atoms with Crippen molar-refractivity contribution in [3.05, 3.63) is 59.4 Å². The maximum absolute atomic E-state index is 12.1. The van der Waals surface area contributed by atoms with Gasteiger partial charge in [-0.2, -0.15) is 0 Å². The van der Waals surface area contributed by atoms with Gasteiger partial charge in [0.1, 0.15) is 18.1 Å². The van der Waals surface area contributed by atoms with E-state index in [9.17, 15) is 9.59 Å². The van der Waals surface area contributed by atoms with E-state index in [2.05, 4.69) is 10.3 Å². The maximum atomic E-state index is 12.1. The molecule has 0 saturated carbocycles. The Balaban J connectivity index is 1.74. The Hall–Kier alpha value is -2.89. The van der Waals surface area contributed by atoms with E-state index < -0.39 is 5.97 Å². The highest BCUT2D eigenvalue weighted by molar-refractivity contribution is 5.94. The van der Waals surface area contributed by atoms with Crippen LogP contribution in [0.3, 0.4) is 0 Å². The molecule has 0 spiro atoms. The van der Waals surface area contributed by atoms with Crippen LogP contribution in [0.15, 0.2) is 42.6 Å². The number of pyridine rings is 1. The molecule has 1 amide bonds. The Morgan fingerprint density at radius 1 is 1.24 bits per heavy atom. The van der Waals surface area contributed by atoms with Crippen LogP contribution in [0.1, 0.15) is 32.5 Å². The van der Waals surface area contributed by atoms with Gasteiger partial charge in [-0.25, -0.2) is 4.79 Å². The zero-order valence-electron chi connectivity index (χ0n) is 10.9. The molecule has 3 rings (SSSR count). The van der Waals surface area contributed by atoms with Crippen LogP contribution in [0.4, 0.5) is 0 Å². The van der Waals surface area contributed by atoms with Crippen molar-refractivity contribution in [3.8, 4) is 5.75 Å². The van der Waals surface area contributed by atoms with Crippen molar-refractivity contribution in [2.45, 2.75) is 6.04 Å². The molecule has 0 saturated heterocycles. The number of carboxylic acid groups (broad SMARTS) is 1. The van der Waals surface area contributed by atoms with Crippen LogP contribution in [0.2, 0.25) is 0 Å². The number of amides is 1. The molecular formula is C15H12N2O4. The van der Waals surface area contributed by atoms with Crippen LogP contribution in [-0.4, -0.2) is 28.6 Å². The van der Waals surface area contributed by atoms with Gasteiger partial charge < -0.3 is 15.2 Å². The molecule has 0 bridgehead atoms. The van der Waals surface area contributed by atoms with E-state index in [1.54, 1.807) is 0 Å². The monoisotopic (exact) mass is 284 g/mol. The van der Waals surface area contributed by atoms with E-state index in [1.807, 2.05) is 24.3 Å². The number of aromatic nitrogens is 1. The molecule has 1 aliphatic rings. The molecular weight excluding hydrogens is 272 g/mol. The standard InChI is InChI=1S/C15H12N2O4/c18-14(11-6-5-9(7-16-11)15(19)20)17-12-8-21-13-4-2-1-3-10(12)13/h1-7,12H,8H2,(H,17,18)(H,19,20). The van der Waals surface area contributed by atoms with Gasteiger partial charge in [0.2, 0.25) is 0 Å². The van der Waals surface area contributed by atoms with Gasteiger partial charge in [0.05, 0.1) is 11.6 Å². The highest BCUT2D eigenvalue weighted by atomic mass is 16.5. The van der Waals surface area contributed by atoms with Crippen LogP contribution in [0, 0.1) is 0 Å². The molecule has 1 aromatic carbocycles. The Kier molecular flexibility index (Phi) is 3.27. The predicted molar refractivity (Wildman–Crippen MR) is 73.3 cm³/mol. The highest BCUT2D eigenvalue weighted by Crippen LogP contribution is 2.31. The van der Waals surface area contributed by atoms with Crippen molar-refractivity contribution < 1.29 is 19.4 Å². The third kappa shape index (κ3) is 2.55. The third-order valence-electron chi connectivity index (χ3n) is 3.25. The van der Waals surface area contributed by atoms with Gasteiger partial charge in [-0.3, -0.25) is 9.78 Å². The number of nitrogens with zero attached hydrogens (tertiary/aromatic N) is 1. The zero-order chi connectivity index (χ0) is 14.8. The van der Waals surface area contributed by atoms with Gasteiger partial charge in [0, 0.05) is 11.8 Å². The summed E-state index contributed by atoms with van der Waals surface area (Å²) >= 11 is 0. The molecule has 0 fully saturated rings. The van der Waals surface area contributed by atoms with Crippen LogP contribution >= 0.6 is 0 Å². The average molecular weight is 284 g/mol. The van der Waals surface area contributed by atoms with Crippen LogP contribution in [0.5, 0.6) is 5.75 Å². The third-order valence-corrected chi connectivity index (χ3v) is 3.25. The Morgan fingerprint density at radius 2 is 2.05 bits per heavy atom. The number of carbonyl (C=O) groups excluding carboxylic acids is 1. The van der Waals surface area contributed by atoms with Crippen LogP contribution in [-0.2, 0) is 0 Å². The van der Waals surface area contributed by atoms with Gasteiger partial charge >= 0.3 is 5.97 Å². The second kappa shape index (κ2) is 5.24. The molecule has 2 aromatic rings. The number of carboxylic acids is 1. The van der Waals surface area contributed by atoms with E-state index in [1.165, 1.54) is 12.1 Å². The molecule has 21 heavy (non-hydrogen) atoms. The first-order chi connectivity index (χ1) is 10.1. The molecule has 2 N–H and O–H groups in total. The van der Waals surface area contributed by atoms with E-state index in [-0.39, 0.29) is 23.2 Å². The molecule has 0 radical (unpaired) electrons. The van der Waals surface area contributed by atoms with Crippen LogP contribution < -0.4 is 10.1 Å². The molecule has 1 aromatic heterocycles. The smallest absolute Gasteiger partial charge is 0.337 e. The lowest BCUT2D eigenvalue weighted by atomic mass is 10.1. The molecule has 6 heteroatoms. The lowest BCUT2D eigenvalue weighted by Crippen LogP contribution is -2.30. The molecule has 1 unspecified atom stereocenters.